The summed E-state index contributed by atoms with van der Waals surface area (Å²) in [5.74, 6) is 0.238. The number of hydrogen-bond donors (Lipinski definition) is 1. The Bertz CT molecular complexity index is 1520. The fraction of sp³-hybridized carbons (Fsp3) is 0.172. The maximum Gasteiger partial charge on any atom is 0.274 e. The number of pyridine rings is 1. The van der Waals surface area contributed by atoms with Crippen molar-refractivity contribution in [3.05, 3.63) is 96.6 Å². The summed E-state index contributed by atoms with van der Waals surface area (Å²) in [7, 11) is 4.09. The van der Waals surface area contributed by atoms with E-state index in [9.17, 15) is 4.79 Å². The van der Waals surface area contributed by atoms with E-state index < -0.39 is 0 Å². The van der Waals surface area contributed by atoms with Crippen LogP contribution in [0.15, 0.2) is 85.2 Å². The summed E-state index contributed by atoms with van der Waals surface area (Å²) in [4.78, 5) is 29.1. The minimum atomic E-state index is -0.301. The monoisotopic (exact) mass is 521 g/mol. The first-order chi connectivity index (χ1) is 18.6. The number of aryl methyl sites for hydroxylation is 1. The highest BCUT2D eigenvalue weighted by atomic mass is 32.1. The zero-order chi connectivity index (χ0) is 26.3. The number of para-hydroxylation sites is 1. The maximum atomic E-state index is 13.5. The molecule has 5 aromatic rings. The Hall–Kier alpha value is -4.34. The molecule has 3 aromatic heterocycles. The van der Waals surface area contributed by atoms with Gasteiger partial charge in [0.05, 0.1) is 5.69 Å². The van der Waals surface area contributed by atoms with Gasteiger partial charge in [0.15, 0.2) is 5.82 Å². The lowest BCUT2D eigenvalue weighted by Gasteiger charge is -2.12. The summed E-state index contributed by atoms with van der Waals surface area (Å²) < 4.78 is 0. The number of hydrogen-bond acceptors (Lipinski definition) is 8. The van der Waals surface area contributed by atoms with Gasteiger partial charge in [-0.15, -0.1) is 10.2 Å². The fourth-order valence-electron chi connectivity index (χ4n) is 3.94. The molecule has 0 spiro atoms. The van der Waals surface area contributed by atoms with Crippen LogP contribution in [0.5, 0.6) is 0 Å². The number of nitrogens with one attached hydrogen (secondary N) is 1. The minimum Gasteiger partial charge on any atom is -0.320 e. The SMILES string of the molecule is CN(C)CCCc1cc(C(=O)Nc2ccccc2-c2nnc(-c3ccncc3)s2)nc(-c2ccccc2)n1. The third-order valence-electron chi connectivity index (χ3n) is 5.84. The molecule has 5 rings (SSSR count). The van der Waals surface area contributed by atoms with Crippen LogP contribution in [-0.2, 0) is 6.42 Å². The van der Waals surface area contributed by atoms with Crippen molar-refractivity contribution in [2.75, 3.05) is 26.0 Å². The summed E-state index contributed by atoms with van der Waals surface area (Å²) >= 11 is 1.46. The van der Waals surface area contributed by atoms with Crippen LogP contribution in [0.3, 0.4) is 0 Å². The van der Waals surface area contributed by atoms with Crippen molar-refractivity contribution < 1.29 is 4.79 Å². The van der Waals surface area contributed by atoms with Crippen molar-refractivity contribution in [1.82, 2.24) is 30.0 Å². The van der Waals surface area contributed by atoms with E-state index in [4.69, 9.17) is 4.98 Å². The van der Waals surface area contributed by atoms with Crippen molar-refractivity contribution in [1.29, 1.82) is 0 Å². The molecule has 38 heavy (non-hydrogen) atoms. The van der Waals surface area contributed by atoms with Crippen LogP contribution in [-0.4, -0.2) is 56.6 Å². The Labute approximate surface area is 225 Å². The van der Waals surface area contributed by atoms with Gasteiger partial charge in [0, 0.05) is 34.8 Å². The van der Waals surface area contributed by atoms with E-state index in [1.54, 1.807) is 18.5 Å². The lowest BCUT2D eigenvalue weighted by molar-refractivity contribution is 0.102. The van der Waals surface area contributed by atoms with Gasteiger partial charge in [-0.1, -0.05) is 53.8 Å². The average Bonchev–Trinajstić information content (AvgIpc) is 3.44. The van der Waals surface area contributed by atoms with Crippen molar-refractivity contribution in [2.45, 2.75) is 12.8 Å². The van der Waals surface area contributed by atoms with Crippen molar-refractivity contribution in [3.63, 3.8) is 0 Å². The molecular formula is C29H27N7OS. The van der Waals surface area contributed by atoms with Crippen LogP contribution in [0.25, 0.3) is 32.5 Å². The van der Waals surface area contributed by atoms with E-state index in [1.165, 1.54) is 11.3 Å². The molecule has 0 aliphatic carbocycles. The van der Waals surface area contributed by atoms with Crippen LogP contribution in [0.1, 0.15) is 22.6 Å². The van der Waals surface area contributed by atoms with Crippen LogP contribution in [0, 0.1) is 0 Å². The summed E-state index contributed by atoms with van der Waals surface area (Å²) in [6, 6.07) is 22.9. The molecule has 1 amide bonds. The molecule has 0 aliphatic heterocycles. The molecule has 0 aliphatic rings. The molecule has 0 atom stereocenters. The second-order valence-corrected chi connectivity index (χ2v) is 9.97. The highest BCUT2D eigenvalue weighted by Gasteiger charge is 2.17. The third kappa shape index (κ3) is 6.13. The Morgan fingerprint density at radius 1 is 0.868 bits per heavy atom. The molecular weight excluding hydrogens is 494 g/mol. The molecule has 9 heteroatoms. The summed E-state index contributed by atoms with van der Waals surface area (Å²) in [6.07, 6.45) is 5.13. The number of carbonyl (C=O) groups excluding carboxylic acids is 1. The van der Waals surface area contributed by atoms with Crippen LogP contribution in [0.2, 0.25) is 0 Å². The largest absolute Gasteiger partial charge is 0.320 e. The Balaban J connectivity index is 1.43. The van der Waals surface area contributed by atoms with E-state index in [0.717, 1.165) is 46.8 Å². The topological polar surface area (TPSA) is 96.8 Å². The first kappa shape index (κ1) is 25.3. The van der Waals surface area contributed by atoms with Gasteiger partial charge < -0.3 is 10.2 Å². The number of benzene rings is 2. The number of nitrogens with zero attached hydrogens (tertiary/aromatic N) is 6. The first-order valence-electron chi connectivity index (χ1n) is 12.3. The predicted molar refractivity (Wildman–Crippen MR) is 151 cm³/mol. The van der Waals surface area contributed by atoms with Crippen molar-refractivity contribution >= 4 is 22.9 Å². The molecule has 0 fully saturated rings. The van der Waals surface area contributed by atoms with Gasteiger partial charge in [0.1, 0.15) is 15.7 Å². The second-order valence-electron chi connectivity index (χ2n) is 8.99. The first-order valence-corrected chi connectivity index (χ1v) is 13.1. The smallest absolute Gasteiger partial charge is 0.274 e. The van der Waals surface area contributed by atoms with Gasteiger partial charge in [-0.2, -0.15) is 0 Å². The van der Waals surface area contributed by atoms with Crippen LogP contribution < -0.4 is 5.32 Å². The van der Waals surface area contributed by atoms with Gasteiger partial charge in [-0.3, -0.25) is 9.78 Å². The second kappa shape index (κ2) is 11.8. The normalized spacial score (nSPS) is 11.0. The fourth-order valence-corrected chi connectivity index (χ4v) is 4.83. The zero-order valence-corrected chi connectivity index (χ0v) is 22.0. The van der Waals surface area contributed by atoms with Crippen molar-refractivity contribution in [3.8, 4) is 32.5 Å². The molecule has 0 saturated carbocycles. The van der Waals surface area contributed by atoms with Gasteiger partial charge >= 0.3 is 0 Å². The Morgan fingerprint density at radius 3 is 2.39 bits per heavy atom. The third-order valence-corrected chi connectivity index (χ3v) is 6.85. The molecule has 190 valence electrons. The van der Waals surface area contributed by atoms with Crippen LogP contribution in [0.4, 0.5) is 5.69 Å². The van der Waals surface area contributed by atoms with Gasteiger partial charge in [-0.25, -0.2) is 9.97 Å². The number of anilines is 1. The van der Waals surface area contributed by atoms with E-state index >= 15 is 0 Å². The van der Waals surface area contributed by atoms with Gasteiger partial charge in [-0.05, 0) is 63.8 Å². The molecule has 2 aromatic carbocycles. The number of aromatic nitrogens is 5. The molecule has 8 nitrogen and oxygen atoms in total. The van der Waals surface area contributed by atoms with E-state index in [2.05, 4.69) is 30.4 Å². The highest BCUT2D eigenvalue weighted by Crippen LogP contribution is 2.34. The molecule has 0 radical (unpaired) electrons. The quantitative estimate of drug-likeness (QED) is 0.275. The Morgan fingerprint density at radius 2 is 1.61 bits per heavy atom. The van der Waals surface area contributed by atoms with Crippen LogP contribution >= 0.6 is 11.3 Å². The van der Waals surface area contributed by atoms with Crippen molar-refractivity contribution in [2.24, 2.45) is 0 Å². The minimum absolute atomic E-state index is 0.301. The lowest BCUT2D eigenvalue weighted by Crippen LogP contribution is -2.17. The van der Waals surface area contributed by atoms with Gasteiger partial charge in [0.25, 0.3) is 5.91 Å². The number of rotatable bonds is 9. The van der Waals surface area contributed by atoms with Gasteiger partial charge in [0.2, 0.25) is 0 Å². The molecule has 3 heterocycles. The van der Waals surface area contributed by atoms with E-state index in [1.807, 2.05) is 80.8 Å². The standard InChI is InChI=1S/C29H27N7OS/c1-36(2)18-8-11-22-19-25(32-26(31-22)20-9-4-3-5-10-20)27(37)33-24-13-7-6-12-23(24)29-35-34-28(38-29)21-14-16-30-17-15-21/h3-7,9-10,12-17,19H,8,11,18H2,1-2H3,(H,33,37). The van der Waals surface area contributed by atoms with E-state index in [-0.39, 0.29) is 5.91 Å². The average molecular weight is 522 g/mol. The molecule has 0 bridgehead atoms. The lowest BCUT2D eigenvalue weighted by atomic mass is 10.1. The highest BCUT2D eigenvalue weighted by molar-refractivity contribution is 7.18. The summed E-state index contributed by atoms with van der Waals surface area (Å²) in [5, 5.41) is 13.3. The summed E-state index contributed by atoms with van der Waals surface area (Å²) in [5.41, 5.74) is 4.41. The zero-order valence-electron chi connectivity index (χ0n) is 21.2. The number of amides is 1. The summed E-state index contributed by atoms with van der Waals surface area (Å²) in [6.45, 7) is 0.933. The Kier molecular flexibility index (Phi) is 7.86. The molecule has 0 unspecified atom stereocenters. The molecule has 0 saturated heterocycles. The van der Waals surface area contributed by atoms with E-state index in [0.29, 0.717) is 22.2 Å². The predicted octanol–water partition coefficient (Wildman–Crippen LogP) is 5.47. The number of carbonyl (C=O) groups is 1. The molecule has 1 N–H and O–H groups in total. The maximum absolute atomic E-state index is 13.5.